The SMILES string of the molecule is [2H]c1c([2H])c([2H])c2c(c1[2H])c1c([2H])c([2H])c([2H])c([2H])c1n2-c1ccc2c(c1)N(c1c(-c3ccccc3)cc(-c3ccccc3)cc1-c1ccccc1)c1cc(-c3ccc4c(c3)c3cc(C(C)(C)C)cc5c6cc(C(C)(C)C)ccc6n4c35)cc3c1B2c1ccc(-n2c4c([2H])c([2H])c([2H])c([2H])c4c4c([2H])c([2H])c([2H])c([2H])c42)cc1N3c1c(-c2ccccc2)cc(-c2ccccc2)cc1-c1ccccc1. The van der Waals surface area contributed by atoms with Crippen molar-refractivity contribution in [1.82, 2.24) is 13.5 Å². The predicted molar refractivity (Wildman–Crippen MR) is 519 cm³/mol. The highest BCUT2D eigenvalue weighted by molar-refractivity contribution is 7.00. The summed E-state index contributed by atoms with van der Waals surface area (Å²) in [5.74, 6) is 0. The molecule has 2 aliphatic heterocycles. The Labute approximate surface area is 733 Å². The summed E-state index contributed by atoms with van der Waals surface area (Å²) >= 11 is 0. The van der Waals surface area contributed by atoms with Crippen molar-refractivity contribution in [3.8, 4) is 89.3 Å². The first-order valence-electron chi connectivity index (χ1n) is 49.5. The molecule has 6 heterocycles. The van der Waals surface area contributed by atoms with Gasteiger partial charge >= 0.3 is 0 Å². The van der Waals surface area contributed by atoms with Crippen LogP contribution in [0.15, 0.2) is 400 Å². The monoisotopic (exact) mass is 1570 g/mol. The van der Waals surface area contributed by atoms with Gasteiger partial charge in [-0.3, -0.25) is 0 Å². The smallest absolute Gasteiger partial charge is 0.252 e. The second-order valence-corrected chi connectivity index (χ2v) is 34.3. The molecule has 0 aliphatic carbocycles. The molecular weight excluding hydrogens is 1470 g/mol. The molecule has 0 unspecified atom stereocenters. The first-order valence-corrected chi connectivity index (χ1v) is 41.5. The van der Waals surface area contributed by atoms with E-state index in [-0.39, 0.29) is 65.8 Å². The van der Waals surface area contributed by atoms with Crippen molar-refractivity contribution in [2.24, 2.45) is 0 Å². The normalized spacial score (nSPS) is 14.6. The summed E-state index contributed by atoms with van der Waals surface area (Å²) in [6.45, 7) is 12.7. The maximum Gasteiger partial charge on any atom is 0.252 e. The molecule has 6 heteroatoms. The fourth-order valence-corrected chi connectivity index (χ4v) is 19.6. The van der Waals surface area contributed by atoms with Gasteiger partial charge in [-0.05, 0) is 215 Å². The first-order chi connectivity index (χ1) is 66.4. The van der Waals surface area contributed by atoms with E-state index in [1.165, 1.54) is 11.1 Å². The molecule has 0 radical (unpaired) electrons. The van der Waals surface area contributed by atoms with E-state index < -0.39 is 103 Å². The molecule has 0 N–H and O–H groups in total. The van der Waals surface area contributed by atoms with Gasteiger partial charge in [0.1, 0.15) is 0 Å². The molecule has 0 bridgehead atoms. The van der Waals surface area contributed by atoms with Crippen LogP contribution in [0.1, 0.15) is 74.6 Å². The molecule has 122 heavy (non-hydrogen) atoms. The fraction of sp³-hybridized carbons (Fsp3) is 0.0690. The van der Waals surface area contributed by atoms with Crippen LogP contribution in [0.3, 0.4) is 0 Å². The summed E-state index contributed by atoms with van der Waals surface area (Å²) in [7, 11) is 0. The molecule has 24 rings (SSSR count). The lowest BCUT2D eigenvalue weighted by molar-refractivity contribution is 0.590. The van der Waals surface area contributed by atoms with Crippen LogP contribution < -0.4 is 26.2 Å². The van der Waals surface area contributed by atoms with Gasteiger partial charge in [0.05, 0.1) is 71.9 Å². The minimum Gasteiger partial charge on any atom is -0.310 e. The van der Waals surface area contributed by atoms with Gasteiger partial charge in [-0.25, -0.2) is 0 Å². The topological polar surface area (TPSA) is 20.8 Å². The molecule has 2 aliphatic rings. The number of aromatic nitrogens is 3. The Hall–Kier alpha value is -15.0. The van der Waals surface area contributed by atoms with E-state index in [9.17, 15) is 21.9 Å². The van der Waals surface area contributed by atoms with E-state index in [4.69, 9.17) is 0 Å². The van der Waals surface area contributed by atoms with E-state index in [2.05, 4.69) is 213 Å². The zero-order valence-corrected chi connectivity index (χ0v) is 67.7. The van der Waals surface area contributed by atoms with Crippen molar-refractivity contribution in [1.29, 1.82) is 0 Å². The molecule has 0 fully saturated rings. The Morgan fingerprint density at radius 1 is 0.246 bits per heavy atom. The number of fused-ring (bicyclic) bond motifs is 16. The summed E-state index contributed by atoms with van der Waals surface area (Å²) in [5, 5.41) is 4.04. The molecule has 0 spiro atoms. The quantitative estimate of drug-likeness (QED) is 0.120. The molecule has 0 atom stereocenters. The van der Waals surface area contributed by atoms with Crippen LogP contribution in [0.4, 0.5) is 34.1 Å². The van der Waals surface area contributed by atoms with Gasteiger partial charge in [0, 0.05) is 99.5 Å². The van der Waals surface area contributed by atoms with Gasteiger partial charge in [-0.1, -0.05) is 320 Å². The van der Waals surface area contributed by atoms with E-state index in [1.807, 2.05) is 146 Å². The lowest BCUT2D eigenvalue weighted by Crippen LogP contribution is -2.61. The maximum absolute atomic E-state index is 10.1. The van der Waals surface area contributed by atoms with Crippen LogP contribution in [0, 0.1) is 0 Å². The van der Waals surface area contributed by atoms with Crippen LogP contribution in [0.25, 0.3) is 171 Å². The Morgan fingerprint density at radius 3 is 0.943 bits per heavy atom. The number of rotatable bonds is 11. The van der Waals surface area contributed by atoms with Crippen molar-refractivity contribution >= 4 is 139 Å². The molecule has 18 aromatic carbocycles. The largest absolute Gasteiger partial charge is 0.310 e. The van der Waals surface area contributed by atoms with E-state index in [1.54, 1.807) is 9.13 Å². The summed E-state index contributed by atoms with van der Waals surface area (Å²) in [6.07, 6.45) is 0. The molecule has 0 amide bonds. The number of hydrogen-bond donors (Lipinski definition) is 0. The lowest BCUT2D eigenvalue weighted by Gasteiger charge is -2.46. The molecular formula is C116H84BN5. The van der Waals surface area contributed by atoms with E-state index in [0.717, 1.165) is 133 Å². The standard InChI is InChI=1S/C116H84BN5/c1-115(2,3)83-54-60-106-96(68-83)98-70-84(116(4,5)6)69-97-95-61-79(53-59-105(95)120(106)114(97)98)82-66-109-111-110(67-82)122(113-93(77-41-21-11-22-42-77)64-81(74-35-15-8-16-36-74)65-94(113)78-43-23-12-24-44-78)108-72-86(119-103-51-31-27-47-89(103)90-48-28-32-52-104(90)119)56-58-100(108)117(111)99-57-55-85(118-101-49-29-25-45-87(101)88-46-26-30-50-102(88)118)71-107(99)121(109)112-91(75-37-17-9-18-38-75)62-80(73-33-13-7-14-34-73)63-92(112)76-39-19-10-20-40-76/h7-72H,1-6H3/i25D,26D,27D,28D,29D,30D,31D,32D,45D,46D,47D,48D,49D,50D,51D,52D. The van der Waals surface area contributed by atoms with Gasteiger partial charge in [0.2, 0.25) is 0 Å². The second kappa shape index (κ2) is 27.3. The molecule has 0 saturated heterocycles. The third kappa shape index (κ3) is 11.0. The number of para-hydroxylation sites is 4. The average molecular weight is 1570 g/mol. The summed E-state index contributed by atoms with van der Waals surface area (Å²) < 4.78 is 160. The van der Waals surface area contributed by atoms with Crippen molar-refractivity contribution in [3.63, 3.8) is 0 Å². The van der Waals surface area contributed by atoms with Crippen molar-refractivity contribution < 1.29 is 21.9 Å². The number of anilines is 6. The van der Waals surface area contributed by atoms with Gasteiger partial charge < -0.3 is 23.3 Å². The van der Waals surface area contributed by atoms with Gasteiger partial charge in [0.15, 0.2) is 0 Å². The third-order valence-corrected chi connectivity index (χ3v) is 25.3. The summed E-state index contributed by atoms with van der Waals surface area (Å²) in [5.41, 5.74) is 23.6. The van der Waals surface area contributed by atoms with Crippen LogP contribution in [0.5, 0.6) is 0 Å². The molecule has 576 valence electrons. The molecule has 22 aromatic rings. The molecule has 5 nitrogen and oxygen atoms in total. The zero-order chi connectivity index (χ0) is 95.3. The third-order valence-electron chi connectivity index (χ3n) is 25.3. The average Bonchev–Trinajstić information content (AvgIpc) is 1.20. The number of nitrogens with zero attached hydrogens (tertiary/aromatic N) is 5. The van der Waals surface area contributed by atoms with Crippen LogP contribution in [-0.2, 0) is 10.8 Å². The van der Waals surface area contributed by atoms with Crippen LogP contribution in [0.2, 0.25) is 0 Å². The first kappa shape index (κ1) is 56.4. The van der Waals surface area contributed by atoms with Crippen LogP contribution >= 0.6 is 0 Å². The second-order valence-electron chi connectivity index (χ2n) is 34.3. The fourth-order valence-electron chi connectivity index (χ4n) is 19.6. The summed E-state index contributed by atoms with van der Waals surface area (Å²) in [6, 6.07) is 97.3. The Morgan fingerprint density at radius 2 is 0.574 bits per heavy atom. The maximum atomic E-state index is 10.1. The van der Waals surface area contributed by atoms with Gasteiger partial charge in [-0.15, -0.1) is 0 Å². The van der Waals surface area contributed by atoms with Gasteiger partial charge in [0.25, 0.3) is 6.71 Å². The Kier molecular flexibility index (Phi) is 12.6. The zero-order valence-electron chi connectivity index (χ0n) is 83.7. The highest BCUT2D eigenvalue weighted by Crippen LogP contribution is 2.57. The van der Waals surface area contributed by atoms with Crippen molar-refractivity contribution in [3.05, 3.63) is 411 Å². The summed E-state index contributed by atoms with van der Waals surface area (Å²) in [4.78, 5) is 4.71. The number of benzene rings is 18. The molecule has 0 saturated carbocycles. The predicted octanol–water partition coefficient (Wildman–Crippen LogP) is 29.4. The number of hydrogen-bond acceptors (Lipinski definition) is 2. The van der Waals surface area contributed by atoms with Gasteiger partial charge in [-0.2, -0.15) is 0 Å². The lowest BCUT2D eigenvalue weighted by atomic mass is 9.33. The Bertz CT molecular complexity index is 8360. The van der Waals surface area contributed by atoms with Crippen molar-refractivity contribution in [2.75, 3.05) is 9.80 Å². The minimum absolute atomic E-state index is 0.0681. The molecule has 4 aromatic heterocycles. The van der Waals surface area contributed by atoms with Crippen molar-refractivity contribution in [2.45, 2.75) is 52.4 Å². The van der Waals surface area contributed by atoms with E-state index in [0.29, 0.717) is 33.7 Å². The van der Waals surface area contributed by atoms with Crippen LogP contribution in [-0.4, -0.2) is 20.2 Å². The van der Waals surface area contributed by atoms with E-state index >= 15 is 0 Å². The Balaban J connectivity index is 0.925. The minimum atomic E-state index is -0.857. The highest BCUT2D eigenvalue weighted by atomic mass is 15.2. The highest BCUT2D eigenvalue weighted by Gasteiger charge is 2.46.